The van der Waals surface area contributed by atoms with Gasteiger partial charge in [-0.15, -0.1) is 0 Å². The Kier molecular flexibility index (Phi) is 7.64. The number of sulfonamides is 1. The average molecular weight is 470 g/mol. The number of benzene rings is 3. The maximum Gasteiger partial charge on any atom is 0.271 e. The maximum absolute atomic E-state index is 12.4. The quantitative estimate of drug-likeness (QED) is 0.274. The lowest BCUT2D eigenvalue weighted by molar-refractivity contribution is 0.0955. The van der Waals surface area contributed by atoms with Gasteiger partial charge in [0, 0.05) is 21.8 Å². The molecule has 0 aromatic heterocycles. The molecule has 0 heterocycles. The molecule has 3 aromatic carbocycles. The van der Waals surface area contributed by atoms with Crippen molar-refractivity contribution in [3.63, 3.8) is 0 Å². The molecule has 32 heavy (non-hydrogen) atoms. The third kappa shape index (κ3) is 6.19. The van der Waals surface area contributed by atoms with Crippen LogP contribution >= 0.6 is 11.6 Å². The lowest BCUT2D eigenvalue weighted by Crippen LogP contribution is -2.18. The maximum atomic E-state index is 12.4. The van der Waals surface area contributed by atoms with E-state index in [2.05, 4.69) is 21.8 Å². The Balaban J connectivity index is 1.62. The van der Waals surface area contributed by atoms with E-state index in [-0.39, 0.29) is 4.90 Å². The zero-order valence-electron chi connectivity index (χ0n) is 16.9. The fraction of sp³-hybridized carbons (Fsp3) is 0.0435. The van der Waals surface area contributed by atoms with Crippen LogP contribution in [0.4, 0.5) is 5.69 Å². The molecule has 0 bridgehead atoms. The SMILES string of the molecule is C=CCOc1ccccc1/C=N/NC(=O)c1ccc(NS(=O)(=O)c2ccc(Cl)cc2)cc1. The first kappa shape index (κ1) is 23.1. The van der Waals surface area contributed by atoms with Crippen LogP contribution in [0.25, 0.3) is 0 Å². The number of para-hydroxylation sites is 1. The highest BCUT2D eigenvalue weighted by Crippen LogP contribution is 2.19. The van der Waals surface area contributed by atoms with Crippen LogP contribution in [0.5, 0.6) is 5.75 Å². The third-order valence-electron chi connectivity index (χ3n) is 4.17. The van der Waals surface area contributed by atoms with Crippen molar-refractivity contribution in [3.05, 3.63) is 102 Å². The summed E-state index contributed by atoms with van der Waals surface area (Å²) in [6.07, 6.45) is 3.11. The Morgan fingerprint density at radius 3 is 2.41 bits per heavy atom. The van der Waals surface area contributed by atoms with E-state index >= 15 is 0 Å². The monoisotopic (exact) mass is 469 g/mol. The van der Waals surface area contributed by atoms with Crippen LogP contribution in [-0.2, 0) is 10.0 Å². The predicted octanol–water partition coefficient (Wildman–Crippen LogP) is 4.47. The highest BCUT2D eigenvalue weighted by atomic mass is 35.5. The van der Waals surface area contributed by atoms with E-state index in [1.807, 2.05) is 12.1 Å². The van der Waals surface area contributed by atoms with Gasteiger partial charge in [-0.05, 0) is 60.7 Å². The van der Waals surface area contributed by atoms with E-state index < -0.39 is 15.9 Å². The molecule has 3 rings (SSSR count). The summed E-state index contributed by atoms with van der Waals surface area (Å²) in [6, 6.07) is 19.0. The van der Waals surface area contributed by atoms with Crippen molar-refractivity contribution in [1.29, 1.82) is 0 Å². The summed E-state index contributed by atoms with van der Waals surface area (Å²) in [4.78, 5) is 12.4. The van der Waals surface area contributed by atoms with Crippen molar-refractivity contribution in [2.75, 3.05) is 11.3 Å². The van der Waals surface area contributed by atoms with Gasteiger partial charge in [0.05, 0.1) is 11.1 Å². The molecule has 9 heteroatoms. The van der Waals surface area contributed by atoms with E-state index in [1.165, 1.54) is 54.7 Å². The second-order valence-electron chi connectivity index (χ2n) is 6.47. The third-order valence-corrected chi connectivity index (χ3v) is 5.82. The number of carbonyl (C=O) groups excluding carboxylic acids is 1. The van der Waals surface area contributed by atoms with E-state index in [9.17, 15) is 13.2 Å². The summed E-state index contributed by atoms with van der Waals surface area (Å²) in [5.74, 6) is 0.167. The highest BCUT2D eigenvalue weighted by Gasteiger charge is 2.14. The van der Waals surface area contributed by atoms with Gasteiger partial charge in [-0.3, -0.25) is 9.52 Å². The number of rotatable bonds is 9. The molecule has 0 aliphatic rings. The van der Waals surface area contributed by atoms with Crippen LogP contribution in [0.15, 0.2) is 95.4 Å². The first-order valence-corrected chi connectivity index (χ1v) is 11.3. The van der Waals surface area contributed by atoms with Crippen LogP contribution in [0.1, 0.15) is 15.9 Å². The van der Waals surface area contributed by atoms with Crippen molar-refractivity contribution in [3.8, 4) is 5.75 Å². The van der Waals surface area contributed by atoms with Crippen molar-refractivity contribution in [2.24, 2.45) is 5.10 Å². The molecule has 0 fully saturated rings. The van der Waals surface area contributed by atoms with E-state index in [1.54, 1.807) is 18.2 Å². The molecule has 0 unspecified atom stereocenters. The number of hydrazone groups is 1. The zero-order valence-corrected chi connectivity index (χ0v) is 18.4. The minimum absolute atomic E-state index is 0.0791. The van der Waals surface area contributed by atoms with E-state index in [0.29, 0.717) is 34.2 Å². The number of nitrogens with zero attached hydrogens (tertiary/aromatic N) is 1. The molecule has 1 amide bonds. The fourth-order valence-electron chi connectivity index (χ4n) is 2.61. The van der Waals surface area contributed by atoms with Crippen LogP contribution in [-0.4, -0.2) is 27.1 Å². The van der Waals surface area contributed by atoms with Crippen molar-refractivity contribution < 1.29 is 17.9 Å². The predicted molar refractivity (Wildman–Crippen MR) is 126 cm³/mol. The summed E-state index contributed by atoms with van der Waals surface area (Å²) in [5, 5.41) is 4.40. The second kappa shape index (κ2) is 10.6. The summed E-state index contributed by atoms with van der Waals surface area (Å²) in [7, 11) is -3.77. The minimum Gasteiger partial charge on any atom is -0.489 e. The van der Waals surface area contributed by atoms with Crippen LogP contribution in [0.3, 0.4) is 0 Å². The van der Waals surface area contributed by atoms with Gasteiger partial charge in [0.2, 0.25) is 0 Å². The topological polar surface area (TPSA) is 96.9 Å². The Morgan fingerprint density at radius 2 is 1.72 bits per heavy atom. The number of anilines is 1. The Bertz CT molecular complexity index is 1220. The zero-order chi connectivity index (χ0) is 23.0. The minimum atomic E-state index is -3.77. The van der Waals surface area contributed by atoms with Gasteiger partial charge in [-0.2, -0.15) is 5.10 Å². The van der Waals surface area contributed by atoms with Crippen LogP contribution in [0, 0.1) is 0 Å². The van der Waals surface area contributed by atoms with Gasteiger partial charge < -0.3 is 4.74 Å². The van der Waals surface area contributed by atoms with E-state index in [4.69, 9.17) is 16.3 Å². The summed E-state index contributed by atoms with van der Waals surface area (Å²) in [5.41, 5.74) is 3.76. The molecule has 7 nitrogen and oxygen atoms in total. The van der Waals surface area contributed by atoms with Crippen molar-refractivity contribution in [1.82, 2.24) is 5.43 Å². The molecule has 3 aromatic rings. The molecular weight excluding hydrogens is 450 g/mol. The van der Waals surface area contributed by atoms with Gasteiger partial charge in [-0.25, -0.2) is 13.8 Å². The number of carbonyl (C=O) groups is 1. The lowest BCUT2D eigenvalue weighted by Gasteiger charge is -2.09. The molecule has 0 saturated carbocycles. The van der Waals surface area contributed by atoms with Gasteiger partial charge in [0.15, 0.2) is 0 Å². The van der Waals surface area contributed by atoms with Crippen molar-refractivity contribution >= 4 is 39.4 Å². The Hall–Kier alpha value is -3.62. The molecule has 0 saturated heterocycles. The van der Waals surface area contributed by atoms with Gasteiger partial charge in [-0.1, -0.05) is 36.4 Å². The molecule has 0 spiro atoms. The van der Waals surface area contributed by atoms with Gasteiger partial charge in [0.25, 0.3) is 15.9 Å². The first-order valence-electron chi connectivity index (χ1n) is 9.43. The number of hydrogen-bond acceptors (Lipinski definition) is 5. The van der Waals surface area contributed by atoms with Crippen LogP contribution in [0.2, 0.25) is 5.02 Å². The summed E-state index contributed by atoms with van der Waals surface area (Å²) >= 11 is 5.80. The molecule has 0 radical (unpaired) electrons. The number of nitrogens with one attached hydrogen (secondary N) is 2. The highest BCUT2D eigenvalue weighted by molar-refractivity contribution is 7.92. The standard InChI is InChI=1S/C23H20ClN3O4S/c1-2-15-31-22-6-4-3-5-18(22)16-25-26-23(28)17-7-11-20(12-8-17)27-32(29,30)21-13-9-19(24)10-14-21/h2-14,16,27H,1,15H2,(H,26,28)/b25-16+. The number of hydrogen-bond donors (Lipinski definition) is 2. The molecule has 164 valence electrons. The molecule has 2 N–H and O–H groups in total. The summed E-state index contributed by atoms with van der Waals surface area (Å²) in [6.45, 7) is 3.96. The smallest absolute Gasteiger partial charge is 0.271 e. The second-order valence-corrected chi connectivity index (χ2v) is 8.59. The molecule has 0 aliphatic heterocycles. The largest absolute Gasteiger partial charge is 0.489 e. The van der Waals surface area contributed by atoms with E-state index in [0.717, 1.165) is 0 Å². The van der Waals surface area contributed by atoms with Gasteiger partial charge >= 0.3 is 0 Å². The van der Waals surface area contributed by atoms with Gasteiger partial charge in [0.1, 0.15) is 12.4 Å². The number of halogens is 1. The number of amides is 1. The average Bonchev–Trinajstić information content (AvgIpc) is 2.79. The number of ether oxygens (including phenoxy) is 1. The lowest BCUT2D eigenvalue weighted by atomic mass is 10.2. The Labute approximate surface area is 191 Å². The fourth-order valence-corrected chi connectivity index (χ4v) is 3.79. The van der Waals surface area contributed by atoms with Crippen LogP contribution < -0.4 is 14.9 Å². The Morgan fingerprint density at radius 1 is 1.03 bits per heavy atom. The molecule has 0 atom stereocenters. The van der Waals surface area contributed by atoms with Crippen molar-refractivity contribution in [2.45, 2.75) is 4.90 Å². The normalized spacial score (nSPS) is 11.2. The summed E-state index contributed by atoms with van der Waals surface area (Å²) < 4.78 is 32.9. The molecular formula is C23H20ClN3O4S. The first-order chi connectivity index (χ1) is 15.4. The molecule has 0 aliphatic carbocycles.